The molecule has 1 atom stereocenters. The predicted molar refractivity (Wildman–Crippen MR) is 104 cm³/mol. The number of aromatic amines is 1. The highest BCUT2D eigenvalue weighted by atomic mass is 16.5. The van der Waals surface area contributed by atoms with Crippen molar-refractivity contribution >= 4 is 11.0 Å². The minimum absolute atomic E-state index is 0.168. The number of hydrogen-bond donors (Lipinski definition) is 2. The number of para-hydroxylation sites is 2. The van der Waals surface area contributed by atoms with Gasteiger partial charge in [0.2, 0.25) is 0 Å². The first-order valence-electron chi connectivity index (χ1n) is 8.74. The van der Waals surface area contributed by atoms with Crippen molar-refractivity contribution < 1.29 is 4.74 Å². The Kier molecular flexibility index (Phi) is 4.67. The van der Waals surface area contributed by atoms with E-state index in [9.17, 15) is 0 Å². The predicted octanol–water partition coefficient (Wildman–Crippen LogP) is 4.38. The van der Waals surface area contributed by atoms with E-state index < -0.39 is 0 Å². The average Bonchev–Trinajstić information content (AvgIpc) is 3.13. The first kappa shape index (κ1) is 16.4. The summed E-state index contributed by atoms with van der Waals surface area (Å²) in [6, 6.07) is 26.0. The molecule has 4 rings (SSSR count). The maximum atomic E-state index is 6.34. The third-order valence-corrected chi connectivity index (χ3v) is 4.39. The van der Waals surface area contributed by atoms with Gasteiger partial charge >= 0.3 is 0 Å². The molecule has 0 spiro atoms. The zero-order valence-corrected chi connectivity index (χ0v) is 14.4. The Morgan fingerprint density at radius 3 is 2.35 bits per heavy atom. The number of fused-ring (bicyclic) bond motifs is 1. The van der Waals surface area contributed by atoms with Gasteiger partial charge in [-0.25, -0.2) is 4.98 Å². The minimum atomic E-state index is -0.168. The fourth-order valence-electron chi connectivity index (χ4n) is 2.96. The summed E-state index contributed by atoms with van der Waals surface area (Å²) in [5.74, 6) is 1.67. The molecule has 4 aromatic rings. The van der Waals surface area contributed by atoms with E-state index in [1.165, 1.54) is 0 Å². The standard InChI is InChI=1S/C22H21N3O/c23-19(22-24-20-8-4-5-9-21(20)25-22)14-16-10-12-18(13-11-16)26-15-17-6-2-1-3-7-17/h1-13,19H,14-15,23H2,(H,24,25)/t19-/m0/s1. The highest BCUT2D eigenvalue weighted by molar-refractivity contribution is 5.74. The molecule has 0 aliphatic carbocycles. The Balaban J connectivity index is 1.38. The van der Waals surface area contributed by atoms with Crippen molar-refractivity contribution in [3.05, 3.63) is 95.8 Å². The van der Waals surface area contributed by atoms with Crippen molar-refractivity contribution in [2.24, 2.45) is 5.73 Å². The summed E-state index contributed by atoms with van der Waals surface area (Å²) in [6.45, 7) is 0.568. The Morgan fingerprint density at radius 2 is 1.58 bits per heavy atom. The molecule has 0 saturated carbocycles. The summed E-state index contributed by atoms with van der Waals surface area (Å²) in [4.78, 5) is 7.89. The molecular formula is C22H21N3O. The molecule has 0 bridgehead atoms. The van der Waals surface area contributed by atoms with Crippen LogP contribution < -0.4 is 10.5 Å². The maximum Gasteiger partial charge on any atom is 0.124 e. The molecule has 0 aliphatic rings. The van der Waals surface area contributed by atoms with Crippen LogP contribution in [0.5, 0.6) is 5.75 Å². The number of rotatable bonds is 6. The smallest absolute Gasteiger partial charge is 0.124 e. The molecule has 26 heavy (non-hydrogen) atoms. The van der Waals surface area contributed by atoms with Crippen LogP contribution in [0.2, 0.25) is 0 Å². The molecule has 130 valence electrons. The monoisotopic (exact) mass is 343 g/mol. The van der Waals surface area contributed by atoms with Gasteiger partial charge in [0.05, 0.1) is 17.1 Å². The van der Waals surface area contributed by atoms with Crippen LogP contribution in [0.15, 0.2) is 78.9 Å². The highest BCUT2D eigenvalue weighted by Gasteiger charge is 2.12. The van der Waals surface area contributed by atoms with Gasteiger partial charge in [-0.2, -0.15) is 0 Å². The minimum Gasteiger partial charge on any atom is -0.489 e. The SMILES string of the molecule is N[C@@H](Cc1ccc(OCc2ccccc2)cc1)c1nc2ccccc2[nH]1. The summed E-state index contributed by atoms with van der Waals surface area (Å²) >= 11 is 0. The van der Waals surface area contributed by atoms with Crippen LogP contribution in [0.25, 0.3) is 11.0 Å². The molecule has 1 aromatic heterocycles. The number of H-pyrrole nitrogens is 1. The second-order valence-electron chi connectivity index (χ2n) is 6.37. The molecule has 0 fully saturated rings. The second kappa shape index (κ2) is 7.42. The van der Waals surface area contributed by atoms with Crippen molar-refractivity contribution in [2.75, 3.05) is 0 Å². The van der Waals surface area contributed by atoms with Crippen LogP contribution in [0, 0.1) is 0 Å². The van der Waals surface area contributed by atoms with E-state index in [0.29, 0.717) is 6.61 Å². The molecule has 0 unspecified atom stereocenters. The molecule has 0 saturated heterocycles. The second-order valence-corrected chi connectivity index (χ2v) is 6.37. The Bertz CT molecular complexity index is 944. The number of hydrogen-bond acceptors (Lipinski definition) is 3. The fourth-order valence-corrected chi connectivity index (χ4v) is 2.96. The topological polar surface area (TPSA) is 63.9 Å². The summed E-state index contributed by atoms with van der Waals surface area (Å²) in [6.07, 6.45) is 0.721. The first-order chi connectivity index (χ1) is 12.8. The Labute approximate surface area is 152 Å². The number of aromatic nitrogens is 2. The molecule has 1 heterocycles. The lowest BCUT2D eigenvalue weighted by Gasteiger charge is -2.10. The van der Waals surface area contributed by atoms with E-state index >= 15 is 0 Å². The zero-order chi connectivity index (χ0) is 17.8. The van der Waals surface area contributed by atoms with Crippen LogP contribution in [-0.2, 0) is 13.0 Å². The van der Waals surface area contributed by atoms with Gasteiger partial charge in [-0.3, -0.25) is 0 Å². The Morgan fingerprint density at radius 1 is 0.846 bits per heavy atom. The van der Waals surface area contributed by atoms with Crippen molar-refractivity contribution in [1.29, 1.82) is 0 Å². The number of imidazole rings is 1. The maximum absolute atomic E-state index is 6.34. The normalized spacial score (nSPS) is 12.2. The lowest BCUT2D eigenvalue weighted by molar-refractivity contribution is 0.306. The van der Waals surface area contributed by atoms with Crippen molar-refractivity contribution in [3.8, 4) is 5.75 Å². The van der Waals surface area contributed by atoms with E-state index in [1.807, 2.05) is 54.6 Å². The third kappa shape index (κ3) is 3.76. The quantitative estimate of drug-likeness (QED) is 0.546. The molecule has 3 aromatic carbocycles. The van der Waals surface area contributed by atoms with E-state index in [2.05, 4.69) is 34.2 Å². The summed E-state index contributed by atoms with van der Waals surface area (Å²) in [7, 11) is 0. The summed E-state index contributed by atoms with van der Waals surface area (Å²) < 4.78 is 5.83. The van der Waals surface area contributed by atoms with Gasteiger partial charge in [0, 0.05) is 0 Å². The van der Waals surface area contributed by atoms with Gasteiger partial charge < -0.3 is 15.5 Å². The van der Waals surface area contributed by atoms with E-state index in [1.54, 1.807) is 0 Å². The van der Waals surface area contributed by atoms with Gasteiger partial charge in [-0.05, 0) is 41.8 Å². The zero-order valence-electron chi connectivity index (χ0n) is 14.4. The van der Waals surface area contributed by atoms with Crippen LogP contribution in [0.1, 0.15) is 23.0 Å². The fraction of sp³-hybridized carbons (Fsp3) is 0.136. The van der Waals surface area contributed by atoms with Crippen molar-refractivity contribution in [1.82, 2.24) is 9.97 Å². The number of nitrogens with zero attached hydrogens (tertiary/aromatic N) is 1. The molecule has 4 nitrogen and oxygen atoms in total. The largest absolute Gasteiger partial charge is 0.489 e. The van der Waals surface area contributed by atoms with Crippen LogP contribution >= 0.6 is 0 Å². The van der Waals surface area contributed by atoms with Gasteiger partial charge in [0.1, 0.15) is 18.2 Å². The molecule has 3 N–H and O–H groups in total. The van der Waals surface area contributed by atoms with E-state index in [-0.39, 0.29) is 6.04 Å². The van der Waals surface area contributed by atoms with Gasteiger partial charge in [0.15, 0.2) is 0 Å². The lowest BCUT2D eigenvalue weighted by atomic mass is 10.1. The molecule has 0 aliphatic heterocycles. The Hall–Kier alpha value is -3.11. The first-order valence-corrected chi connectivity index (χ1v) is 8.74. The molecular weight excluding hydrogens is 322 g/mol. The third-order valence-electron chi connectivity index (χ3n) is 4.39. The van der Waals surface area contributed by atoms with Crippen molar-refractivity contribution in [3.63, 3.8) is 0 Å². The van der Waals surface area contributed by atoms with Crippen molar-refractivity contribution in [2.45, 2.75) is 19.1 Å². The lowest BCUT2D eigenvalue weighted by Crippen LogP contribution is -2.14. The van der Waals surface area contributed by atoms with E-state index in [0.717, 1.165) is 40.2 Å². The van der Waals surface area contributed by atoms with Crippen LogP contribution in [0.4, 0.5) is 0 Å². The molecule has 0 radical (unpaired) electrons. The number of ether oxygens (including phenoxy) is 1. The highest BCUT2D eigenvalue weighted by Crippen LogP contribution is 2.20. The van der Waals surface area contributed by atoms with Crippen LogP contribution in [-0.4, -0.2) is 9.97 Å². The van der Waals surface area contributed by atoms with Gasteiger partial charge in [-0.15, -0.1) is 0 Å². The van der Waals surface area contributed by atoms with Gasteiger partial charge in [0.25, 0.3) is 0 Å². The number of nitrogens with one attached hydrogen (secondary N) is 1. The summed E-state index contributed by atoms with van der Waals surface area (Å²) in [5, 5.41) is 0. The molecule has 4 heteroatoms. The van der Waals surface area contributed by atoms with E-state index in [4.69, 9.17) is 10.5 Å². The molecule has 0 amide bonds. The number of nitrogens with two attached hydrogens (primary N) is 1. The number of benzene rings is 3. The average molecular weight is 343 g/mol. The van der Waals surface area contributed by atoms with Crippen LogP contribution in [0.3, 0.4) is 0 Å². The van der Waals surface area contributed by atoms with Gasteiger partial charge in [-0.1, -0.05) is 54.6 Å². The summed E-state index contributed by atoms with van der Waals surface area (Å²) in [5.41, 5.74) is 10.6.